The van der Waals surface area contributed by atoms with Gasteiger partial charge in [0.15, 0.2) is 11.5 Å². The number of sulfonamides is 1. The zero-order valence-corrected chi connectivity index (χ0v) is 21.6. The monoisotopic (exact) mass is 530 g/mol. The van der Waals surface area contributed by atoms with Gasteiger partial charge in [0.2, 0.25) is 10.0 Å². The Balaban J connectivity index is 1.35. The number of aromatic nitrogens is 3. The van der Waals surface area contributed by atoms with Gasteiger partial charge in [-0.25, -0.2) is 13.1 Å². The van der Waals surface area contributed by atoms with Crippen molar-refractivity contribution in [3.63, 3.8) is 0 Å². The maximum absolute atomic E-state index is 13.0. The molecule has 3 aromatic rings. The van der Waals surface area contributed by atoms with Gasteiger partial charge in [-0.15, -0.1) is 21.5 Å². The van der Waals surface area contributed by atoms with Gasteiger partial charge < -0.3 is 14.9 Å². The van der Waals surface area contributed by atoms with Crippen molar-refractivity contribution < 1.29 is 23.1 Å². The Hall–Kier alpha value is -3.58. The molecule has 2 N–H and O–H groups in total. The molecular formula is C23H26N6O5S2. The molecule has 3 aromatic heterocycles. The summed E-state index contributed by atoms with van der Waals surface area (Å²) in [6.07, 6.45) is 2.99. The van der Waals surface area contributed by atoms with Crippen LogP contribution in [0.3, 0.4) is 0 Å². The summed E-state index contributed by atoms with van der Waals surface area (Å²) >= 11 is 1.34. The van der Waals surface area contributed by atoms with E-state index in [1.54, 1.807) is 29.3 Å². The zero-order valence-electron chi connectivity index (χ0n) is 20.0. The Morgan fingerprint density at radius 1 is 1.03 bits per heavy atom. The van der Waals surface area contributed by atoms with Gasteiger partial charge in [-0.05, 0) is 56.0 Å². The maximum Gasteiger partial charge on any atom is 0.285 e. The topological polar surface area (TPSA) is 146 Å². The molecule has 0 spiro atoms. The van der Waals surface area contributed by atoms with Gasteiger partial charge in [0.1, 0.15) is 5.75 Å². The van der Waals surface area contributed by atoms with E-state index in [2.05, 4.69) is 15.2 Å². The van der Waals surface area contributed by atoms with Crippen LogP contribution in [0.5, 0.6) is 5.75 Å². The predicted molar refractivity (Wildman–Crippen MR) is 136 cm³/mol. The lowest BCUT2D eigenvalue weighted by atomic mass is 10.1. The summed E-state index contributed by atoms with van der Waals surface area (Å²) in [6.45, 7) is 6.49. The molecule has 36 heavy (non-hydrogen) atoms. The number of piperazine rings is 1. The van der Waals surface area contributed by atoms with Crippen LogP contribution in [0.15, 0.2) is 42.0 Å². The Bertz CT molecular complexity index is 1370. The highest BCUT2D eigenvalue weighted by Crippen LogP contribution is 2.28. The van der Waals surface area contributed by atoms with Gasteiger partial charge in [-0.1, -0.05) is 0 Å². The zero-order chi connectivity index (χ0) is 26.1. The van der Waals surface area contributed by atoms with E-state index in [1.165, 1.54) is 44.4 Å². The highest BCUT2D eigenvalue weighted by Gasteiger charge is 2.31. The van der Waals surface area contributed by atoms with Crippen LogP contribution in [0, 0.1) is 0 Å². The minimum absolute atomic E-state index is 0.0643. The molecule has 0 unspecified atom stereocenters. The molecular weight excluding hydrogens is 504 g/mol. The molecule has 4 rings (SSSR count). The van der Waals surface area contributed by atoms with E-state index in [0.29, 0.717) is 36.9 Å². The number of pyridine rings is 1. The average molecular weight is 531 g/mol. The molecule has 11 nitrogen and oxygen atoms in total. The largest absolute Gasteiger partial charge is 0.506 e. The molecule has 1 aliphatic heterocycles. The fourth-order valence-electron chi connectivity index (χ4n) is 3.42. The molecule has 4 heterocycles. The van der Waals surface area contributed by atoms with Gasteiger partial charge in [0.25, 0.3) is 11.8 Å². The first-order chi connectivity index (χ1) is 16.9. The van der Waals surface area contributed by atoms with Crippen LogP contribution in [-0.2, 0) is 10.0 Å². The lowest BCUT2D eigenvalue weighted by Crippen LogP contribution is -2.49. The van der Waals surface area contributed by atoms with E-state index >= 15 is 0 Å². The third kappa shape index (κ3) is 5.46. The summed E-state index contributed by atoms with van der Waals surface area (Å²) in [4.78, 5) is 33.6. The van der Waals surface area contributed by atoms with Crippen molar-refractivity contribution in [2.45, 2.75) is 25.5 Å². The normalized spacial score (nSPS) is 14.5. The van der Waals surface area contributed by atoms with Crippen LogP contribution in [0.4, 0.5) is 5.82 Å². The van der Waals surface area contributed by atoms with Crippen LogP contribution in [-0.4, -0.2) is 76.3 Å². The first-order valence-corrected chi connectivity index (χ1v) is 13.5. The van der Waals surface area contributed by atoms with Crippen molar-refractivity contribution >= 4 is 39.0 Å². The van der Waals surface area contributed by atoms with Crippen molar-refractivity contribution in [3.8, 4) is 16.9 Å². The minimum atomic E-state index is -3.86. The van der Waals surface area contributed by atoms with Crippen LogP contribution in [0.25, 0.3) is 11.1 Å². The van der Waals surface area contributed by atoms with E-state index < -0.39 is 20.7 Å². The molecule has 0 aliphatic carbocycles. The van der Waals surface area contributed by atoms with E-state index in [0.717, 1.165) is 11.1 Å². The molecule has 2 amide bonds. The average Bonchev–Trinajstić information content (AvgIpc) is 3.33. The number of aromatic hydroxyl groups is 1. The third-order valence-electron chi connectivity index (χ3n) is 5.67. The summed E-state index contributed by atoms with van der Waals surface area (Å²) in [5.74, 6) is -0.310. The molecule has 0 atom stereocenters. The van der Waals surface area contributed by atoms with E-state index in [9.17, 15) is 23.1 Å². The minimum Gasteiger partial charge on any atom is -0.506 e. The summed E-state index contributed by atoms with van der Waals surface area (Å²) in [5.41, 5.74) is 1.46. The molecule has 1 aliphatic rings. The first-order valence-electron chi connectivity index (χ1n) is 11.1. The SMILES string of the molecule is CC(C)(C)S(=O)(=O)NC(=O)c1ccc(N2CCN(C(=O)c3cc(-c4cncc(O)c4)cs3)CC2)nn1. The van der Waals surface area contributed by atoms with Crippen LogP contribution in [0.1, 0.15) is 40.9 Å². The Morgan fingerprint density at radius 2 is 1.75 bits per heavy atom. The molecule has 13 heteroatoms. The van der Waals surface area contributed by atoms with Crippen LogP contribution >= 0.6 is 11.3 Å². The second-order valence-electron chi connectivity index (χ2n) is 9.23. The highest BCUT2D eigenvalue weighted by atomic mass is 32.2. The molecule has 1 fully saturated rings. The quantitative estimate of drug-likeness (QED) is 0.506. The summed E-state index contributed by atoms with van der Waals surface area (Å²) in [6, 6.07) is 6.43. The number of carbonyl (C=O) groups excluding carboxylic acids is 2. The Morgan fingerprint density at radius 3 is 2.36 bits per heavy atom. The number of hydrogen-bond acceptors (Lipinski definition) is 10. The summed E-state index contributed by atoms with van der Waals surface area (Å²) in [5, 5.41) is 19.5. The lowest BCUT2D eigenvalue weighted by molar-refractivity contribution is 0.0751. The fraction of sp³-hybridized carbons (Fsp3) is 0.348. The number of hydrogen-bond donors (Lipinski definition) is 2. The fourth-order valence-corrected chi connectivity index (χ4v) is 4.96. The van der Waals surface area contributed by atoms with E-state index in [1.807, 2.05) is 15.0 Å². The molecule has 1 saturated heterocycles. The van der Waals surface area contributed by atoms with Crippen molar-refractivity contribution in [2.24, 2.45) is 0 Å². The number of carbonyl (C=O) groups is 2. The Labute approximate surface area is 212 Å². The first kappa shape index (κ1) is 25.5. The summed E-state index contributed by atoms with van der Waals surface area (Å²) in [7, 11) is -3.86. The molecule has 0 aromatic carbocycles. The van der Waals surface area contributed by atoms with Crippen molar-refractivity contribution in [2.75, 3.05) is 31.1 Å². The molecule has 190 valence electrons. The molecule has 0 radical (unpaired) electrons. The van der Waals surface area contributed by atoms with Gasteiger partial charge in [-0.3, -0.25) is 14.6 Å². The van der Waals surface area contributed by atoms with E-state index in [-0.39, 0.29) is 17.4 Å². The van der Waals surface area contributed by atoms with Gasteiger partial charge in [-0.2, -0.15) is 0 Å². The van der Waals surface area contributed by atoms with E-state index in [4.69, 9.17) is 0 Å². The second-order valence-corrected chi connectivity index (χ2v) is 12.6. The lowest BCUT2D eigenvalue weighted by Gasteiger charge is -2.35. The van der Waals surface area contributed by atoms with Crippen LogP contribution < -0.4 is 9.62 Å². The number of nitrogens with zero attached hydrogens (tertiary/aromatic N) is 5. The van der Waals surface area contributed by atoms with Gasteiger partial charge >= 0.3 is 0 Å². The maximum atomic E-state index is 13.0. The van der Waals surface area contributed by atoms with Crippen molar-refractivity contribution in [1.82, 2.24) is 24.8 Å². The number of anilines is 1. The van der Waals surface area contributed by atoms with Gasteiger partial charge in [0, 0.05) is 37.9 Å². The number of rotatable bonds is 5. The molecule has 0 bridgehead atoms. The van der Waals surface area contributed by atoms with Crippen molar-refractivity contribution in [3.05, 3.63) is 52.6 Å². The number of thiophene rings is 1. The van der Waals surface area contributed by atoms with Gasteiger partial charge in [0.05, 0.1) is 15.8 Å². The Kier molecular flexibility index (Phi) is 6.96. The molecule has 0 saturated carbocycles. The second kappa shape index (κ2) is 9.82. The van der Waals surface area contributed by atoms with Crippen molar-refractivity contribution in [1.29, 1.82) is 0 Å². The van der Waals surface area contributed by atoms with Crippen LogP contribution in [0.2, 0.25) is 0 Å². The highest BCUT2D eigenvalue weighted by molar-refractivity contribution is 7.91. The third-order valence-corrected chi connectivity index (χ3v) is 8.66. The standard InChI is InChI=1S/C23H26N6O5S2/c1-23(2,3)36(33,34)27-21(31)18-4-5-20(26-25-18)28-6-8-29(9-7-28)22(32)19-11-16(14-35-19)15-10-17(30)13-24-12-15/h4-5,10-14,30H,6-9H2,1-3H3,(H,27,31). The number of nitrogens with one attached hydrogen (secondary N) is 1. The number of amides is 2. The predicted octanol–water partition coefficient (Wildman–Crippen LogP) is 2.13. The smallest absolute Gasteiger partial charge is 0.285 e. The summed E-state index contributed by atoms with van der Waals surface area (Å²) < 4.78 is 25.3.